The number of carbonyl (C=O) groups is 5. The quantitative estimate of drug-likeness (QED) is 0.0278. The summed E-state index contributed by atoms with van der Waals surface area (Å²) in [6.07, 6.45) is -12.7. The molecule has 0 radical (unpaired) electrons. The maximum Gasteiger partial charge on any atom is 0.416 e. The number of hydrogen-bond donors (Lipinski definition) is 8. The number of halogens is 18. The van der Waals surface area contributed by atoms with Crippen LogP contribution >= 0.6 is 95.6 Å². The van der Waals surface area contributed by atoms with Crippen molar-refractivity contribution in [1.82, 2.24) is 0 Å². The van der Waals surface area contributed by atoms with E-state index < -0.39 is 70.6 Å². The van der Waals surface area contributed by atoms with Gasteiger partial charge in [0.2, 0.25) is 0 Å². The lowest BCUT2D eigenvalue weighted by molar-refractivity contribution is -0.138. The van der Waals surface area contributed by atoms with Crippen molar-refractivity contribution >= 4 is 148 Å². The summed E-state index contributed by atoms with van der Waals surface area (Å²) < 4.78 is 154. The van der Waals surface area contributed by atoms with E-state index in [-0.39, 0.29) is 88.3 Å². The number of nitrogens with one attached hydrogen (secondary N) is 4. The molecule has 8 aromatic carbocycles. The van der Waals surface area contributed by atoms with Crippen LogP contribution in [0, 0.1) is 0 Å². The highest BCUT2D eigenvalue weighted by molar-refractivity contribution is 9.11. The molecule has 8 rings (SSSR count). The van der Waals surface area contributed by atoms with Crippen molar-refractivity contribution < 1.29 is 97.1 Å². The molecule has 31 heteroatoms. The van der Waals surface area contributed by atoms with Gasteiger partial charge in [-0.3, -0.25) is 24.0 Å². The normalized spacial score (nSPS) is 11.3. The number of rotatable bonds is 15. The number of carbonyl (C=O) groups excluding carboxylic acids is 5. The van der Waals surface area contributed by atoms with Gasteiger partial charge in [-0.25, -0.2) is 0 Å². The van der Waals surface area contributed by atoms with Crippen LogP contribution in [-0.4, -0.2) is 49.8 Å². The molecular weight excluding hydrogens is 1680 g/mol. The number of phenolic OH excluding ortho intramolecular Hbond substituents is 4. The Morgan fingerprint density at radius 2 is 0.684 bits per heavy atom. The first kappa shape index (κ1) is 78.2. The molecule has 4 amide bonds. The van der Waals surface area contributed by atoms with E-state index in [1.54, 1.807) is 6.07 Å². The predicted octanol–water partition coefficient (Wildman–Crippen LogP) is 21.8. The minimum atomic E-state index is -4.54. The van der Waals surface area contributed by atoms with E-state index >= 15 is 0 Å². The molecule has 0 aliphatic carbocycles. The fourth-order valence-electron chi connectivity index (χ4n) is 8.00. The van der Waals surface area contributed by atoms with Crippen molar-refractivity contribution in [2.45, 2.75) is 70.2 Å². The van der Waals surface area contributed by atoms with Gasteiger partial charge in [0.25, 0.3) is 23.6 Å². The van der Waals surface area contributed by atoms with E-state index in [4.69, 9.17) is 0 Å². The molecule has 0 spiro atoms. The molecule has 95 heavy (non-hydrogen) atoms. The molecule has 0 saturated carbocycles. The number of alkyl halides is 12. The molecule has 13 nitrogen and oxygen atoms in total. The highest BCUT2D eigenvalue weighted by Crippen LogP contribution is 2.38. The van der Waals surface area contributed by atoms with Gasteiger partial charge in [-0.05, 0) is 188 Å². The molecular formula is C64H48Br6F12N4O9. The maximum atomic E-state index is 12.8. The first-order valence-electron chi connectivity index (χ1n) is 27.1. The molecule has 0 aliphatic rings. The summed E-state index contributed by atoms with van der Waals surface area (Å²) in [7, 11) is 0. The summed E-state index contributed by atoms with van der Waals surface area (Å²) in [4.78, 5) is 61.1. The van der Waals surface area contributed by atoms with Crippen LogP contribution in [0.2, 0.25) is 0 Å². The van der Waals surface area contributed by atoms with Crippen molar-refractivity contribution in [2.75, 3.05) is 21.3 Å². The summed E-state index contributed by atoms with van der Waals surface area (Å²) in [5, 5.41) is 48.9. The highest BCUT2D eigenvalue weighted by atomic mass is 79.9. The number of amides is 4. The Labute approximate surface area is 583 Å². The zero-order valence-corrected chi connectivity index (χ0v) is 57.8. The monoisotopic (exact) mass is 1720 g/mol. The fourth-order valence-corrected chi connectivity index (χ4v) is 11.7. The van der Waals surface area contributed by atoms with Crippen molar-refractivity contribution in [2.24, 2.45) is 0 Å². The predicted molar refractivity (Wildman–Crippen MR) is 354 cm³/mol. The van der Waals surface area contributed by atoms with E-state index in [2.05, 4.69) is 124 Å². The first-order chi connectivity index (χ1) is 44.3. The van der Waals surface area contributed by atoms with Gasteiger partial charge in [-0.2, -0.15) is 52.7 Å². The van der Waals surface area contributed by atoms with Crippen LogP contribution in [0.1, 0.15) is 119 Å². The molecule has 8 N–H and O–H groups in total. The lowest BCUT2D eigenvalue weighted by atomic mass is 10.0. The van der Waals surface area contributed by atoms with E-state index in [1.165, 1.54) is 84.9 Å². The second-order valence-electron chi connectivity index (χ2n) is 19.8. The number of Topliss-reactive ketones (excluding diaryl/α,β-unsaturated/α-hetero) is 1. The van der Waals surface area contributed by atoms with Crippen LogP contribution in [0.3, 0.4) is 0 Å². The highest BCUT2D eigenvalue weighted by Gasteiger charge is 2.34. The van der Waals surface area contributed by atoms with Crippen LogP contribution < -0.4 is 21.3 Å². The molecule has 0 bridgehead atoms. The summed E-state index contributed by atoms with van der Waals surface area (Å²) in [6, 6.07) is 29.4. The Hall–Kier alpha value is -7.45. The van der Waals surface area contributed by atoms with Crippen molar-refractivity contribution in [3.63, 3.8) is 0 Å². The van der Waals surface area contributed by atoms with Gasteiger partial charge in [0.05, 0.1) is 57.9 Å². The topological polar surface area (TPSA) is 214 Å². The summed E-state index contributed by atoms with van der Waals surface area (Å²) in [5.41, 5.74) is -3.39. The number of unbranched alkanes of at least 4 members (excludes halogenated alkanes) is 4. The largest absolute Gasteiger partial charge is 0.507 e. The second-order valence-corrected chi connectivity index (χ2v) is 25.1. The van der Waals surface area contributed by atoms with Gasteiger partial charge in [-0.1, -0.05) is 98.6 Å². The Bertz CT molecular complexity index is 3960. The summed E-state index contributed by atoms with van der Waals surface area (Å²) in [6.45, 7) is 2.10. The minimum absolute atomic E-state index is 0.0128. The van der Waals surface area contributed by atoms with Gasteiger partial charge < -0.3 is 41.7 Å². The third-order valence-electron chi connectivity index (χ3n) is 12.7. The van der Waals surface area contributed by atoms with Crippen LogP contribution in [0.5, 0.6) is 23.0 Å². The van der Waals surface area contributed by atoms with Crippen molar-refractivity contribution in [3.8, 4) is 23.0 Å². The molecule has 0 unspecified atom stereocenters. The van der Waals surface area contributed by atoms with Crippen LogP contribution in [0.25, 0.3) is 0 Å². The molecule has 504 valence electrons. The molecule has 0 atom stereocenters. The third kappa shape index (κ3) is 24.0. The zero-order chi connectivity index (χ0) is 70.9. The Balaban J connectivity index is 0.000000231. The second kappa shape index (κ2) is 34.5. The fraction of sp³-hybridized carbons (Fsp3) is 0.172. The Morgan fingerprint density at radius 3 is 1.02 bits per heavy atom. The number of aromatic hydroxyl groups is 4. The van der Waals surface area contributed by atoms with Crippen molar-refractivity contribution in [3.05, 3.63) is 229 Å². The molecule has 0 fully saturated rings. The number of benzene rings is 8. The average molecular weight is 1720 g/mol. The number of hydrogen-bond acceptors (Lipinski definition) is 9. The average Bonchev–Trinajstić information content (AvgIpc) is 0.889. The van der Waals surface area contributed by atoms with Crippen LogP contribution in [0.4, 0.5) is 75.4 Å². The first-order valence-corrected chi connectivity index (χ1v) is 31.9. The van der Waals surface area contributed by atoms with E-state index in [0.29, 0.717) is 24.3 Å². The number of anilines is 4. The van der Waals surface area contributed by atoms with E-state index in [0.717, 1.165) is 92.8 Å². The number of ketones is 1. The summed E-state index contributed by atoms with van der Waals surface area (Å²) >= 11 is 18.8. The lowest BCUT2D eigenvalue weighted by Gasteiger charge is -2.11. The Morgan fingerprint density at radius 1 is 0.358 bits per heavy atom. The van der Waals surface area contributed by atoms with Crippen LogP contribution in [-0.2, 0) is 24.7 Å². The van der Waals surface area contributed by atoms with Gasteiger partial charge in [-0.15, -0.1) is 0 Å². The van der Waals surface area contributed by atoms with Gasteiger partial charge in [0.1, 0.15) is 23.0 Å². The van der Waals surface area contributed by atoms with Crippen molar-refractivity contribution in [1.29, 1.82) is 0 Å². The molecule has 0 heterocycles. The smallest absolute Gasteiger partial charge is 0.416 e. The molecule has 0 aliphatic heterocycles. The SMILES string of the molecule is CCCCCCCC(=O)c1ccc(O)c(C(=O)Nc2cccc(C(F)(F)F)c2)c1.O=C(Nc1ccc(C(F)(F)F)cc1)c1cc(Br)cc(Br)c1O.O=C(Nc1cccc(C(F)(F)F)c1)c1cc(Br)cc(Br)c1O.O=C(Nc1cccc(C(F)(F)F)c1)c1cc(Br)cc(Br)c1O. The minimum Gasteiger partial charge on any atom is -0.507 e. The lowest BCUT2D eigenvalue weighted by Crippen LogP contribution is -2.14. The molecule has 8 aromatic rings. The van der Waals surface area contributed by atoms with Gasteiger partial charge in [0, 0.05) is 48.2 Å². The van der Waals surface area contributed by atoms with Gasteiger partial charge in [0.15, 0.2) is 5.78 Å². The van der Waals surface area contributed by atoms with E-state index in [9.17, 15) is 97.1 Å². The molecule has 0 aromatic heterocycles. The standard InChI is InChI=1S/C22H24F3NO3.3C14H8Br2F3NO2/c1-2-3-4-5-6-10-19(27)15-11-12-20(28)18(13-15)21(29)26-17-9-7-8-16(14-17)22(23,24)25;15-8-5-10(12(21)11(16)6-8)13(22)20-9-3-1-7(2-4-9)14(17,18)19;2*15-8-5-10(12(21)11(16)6-8)13(22)20-9-3-1-2-7(4-9)14(17,18)19/h7-9,11-14,28H,2-6,10H2,1H3,(H,26,29);3*1-6,21H,(H,20,22). The zero-order valence-electron chi connectivity index (χ0n) is 48.3. The van der Waals surface area contributed by atoms with E-state index in [1.807, 2.05) is 0 Å². The number of phenols is 4. The maximum absolute atomic E-state index is 12.8. The summed E-state index contributed by atoms with van der Waals surface area (Å²) in [5.74, 6) is -4.23. The Kier molecular flexibility index (Phi) is 28.4. The molecule has 0 saturated heterocycles. The third-order valence-corrected chi connectivity index (χ3v) is 15.9. The van der Waals surface area contributed by atoms with Gasteiger partial charge >= 0.3 is 24.7 Å². The van der Waals surface area contributed by atoms with Crippen LogP contribution in [0.15, 0.2) is 178 Å².